The van der Waals surface area contributed by atoms with Gasteiger partial charge in [0, 0.05) is 18.7 Å². The zero-order valence-electron chi connectivity index (χ0n) is 11.3. The van der Waals surface area contributed by atoms with E-state index in [0.29, 0.717) is 12.0 Å². The summed E-state index contributed by atoms with van der Waals surface area (Å²) < 4.78 is 5.75. The van der Waals surface area contributed by atoms with Gasteiger partial charge < -0.3 is 10.2 Å². The van der Waals surface area contributed by atoms with Crippen molar-refractivity contribution in [2.75, 3.05) is 13.1 Å². The molecule has 0 saturated carbocycles. The van der Waals surface area contributed by atoms with Crippen LogP contribution < -0.4 is 5.73 Å². The molecule has 3 heteroatoms. The molecule has 0 spiro atoms. The molecule has 0 amide bonds. The van der Waals surface area contributed by atoms with Crippen molar-refractivity contribution in [3.63, 3.8) is 0 Å². The van der Waals surface area contributed by atoms with Gasteiger partial charge in [0.1, 0.15) is 11.5 Å². The van der Waals surface area contributed by atoms with Crippen LogP contribution in [-0.2, 0) is 13.1 Å². The third-order valence-corrected chi connectivity index (χ3v) is 3.65. The molecule has 3 nitrogen and oxygen atoms in total. The van der Waals surface area contributed by atoms with Gasteiger partial charge >= 0.3 is 0 Å². The summed E-state index contributed by atoms with van der Waals surface area (Å²) in [7, 11) is 0. The topological polar surface area (TPSA) is 42.4 Å². The highest BCUT2D eigenvalue weighted by molar-refractivity contribution is 5.20. The predicted octanol–water partition coefficient (Wildman–Crippen LogP) is 2.67. The summed E-state index contributed by atoms with van der Waals surface area (Å²) in [5.41, 5.74) is 7.24. The van der Waals surface area contributed by atoms with Crippen molar-refractivity contribution in [2.45, 2.75) is 46.7 Å². The third-order valence-electron chi connectivity index (χ3n) is 3.65. The Bertz CT molecular complexity index is 382. The van der Waals surface area contributed by atoms with Crippen LogP contribution in [0, 0.1) is 12.3 Å². The summed E-state index contributed by atoms with van der Waals surface area (Å²) in [6.07, 6.45) is 2.62. The van der Waals surface area contributed by atoms with E-state index in [1.165, 1.54) is 19.4 Å². The lowest BCUT2D eigenvalue weighted by Crippen LogP contribution is -2.39. The molecule has 1 aromatic heterocycles. The van der Waals surface area contributed by atoms with Gasteiger partial charge in [-0.15, -0.1) is 0 Å². The highest BCUT2D eigenvalue weighted by atomic mass is 16.3. The molecule has 0 radical (unpaired) electrons. The van der Waals surface area contributed by atoms with E-state index >= 15 is 0 Å². The van der Waals surface area contributed by atoms with E-state index in [9.17, 15) is 0 Å². The van der Waals surface area contributed by atoms with Gasteiger partial charge in [-0.2, -0.15) is 0 Å². The molecule has 1 aromatic rings. The van der Waals surface area contributed by atoms with E-state index in [0.717, 1.165) is 30.2 Å². The van der Waals surface area contributed by atoms with Crippen LogP contribution in [0.3, 0.4) is 0 Å². The first kappa shape index (κ1) is 12.7. The van der Waals surface area contributed by atoms with Gasteiger partial charge in [0.05, 0.1) is 6.54 Å². The highest BCUT2D eigenvalue weighted by Crippen LogP contribution is 2.29. The van der Waals surface area contributed by atoms with Crippen LogP contribution in [0.15, 0.2) is 10.5 Å². The molecule has 96 valence electrons. The molecule has 1 aliphatic rings. The number of rotatable bonds is 3. The SMILES string of the molecule is Cc1oc(CN2CCCC(C)(C)C2)cc1CN. The smallest absolute Gasteiger partial charge is 0.118 e. The van der Waals surface area contributed by atoms with Crippen LogP contribution in [0.1, 0.15) is 43.8 Å². The van der Waals surface area contributed by atoms with Crippen molar-refractivity contribution < 1.29 is 4.42 Å². The first-order valence-corrected chi connectivity index (χ1v) is 6.51. The summed E-state index contributed by atoms with van der Waals surface area (Å²) in [4.78, 5) is 2.49. The highest BCUT2D eigenvalue weighted by Gasteiger charge is 2.26. The number of furan rings is 1. The molecular formula is C14H24N2O. The Kier molecular flexibility index (Phi) is 3.59. The van der Waals surface area contributed by atoms with Crippen molar-refractivity contribution in [1.29, 1.82) is 0 Å². The Morgan fingerprint density at radius 1 is 1.47 bits per heavy atom. The van der Waals surface area contributed by atoms with Crippen LogP contribution in [0.25, 0.3) is 0 Å². The van der Waals surface area contributed by atoms with Gasteiger partial charge in [-0.3, -0.25) is 4.90 Å². The minimum Gasteiger partial charge on any atom is -0.465 e. The number of aryl methyl sites for hydroxylation is 1. The minimum atomic E-state index is 0.441. The molecule has 1 fully saturated rings. The monoisotopic (exact) mass is 236 g/mol. The normalized spacial score (nSPS) is 20.7. The summed E-state index contributed by atoms with van der Waals surface area (Å²) in [6, 6.07) is 2.11. The molecule has 0 aromatic carbocycles. The Labute approximate surface area is 104 Å². The molecule has 1 saturated heterocycles. The first-order valence-electron chi connectivity index (χ1n) is 6.51. The molecule has 0 bridgehead atoms. The van der Waals surface area contributed by atoms with E-state index in [-0.39, 0.29) is 0 Å². The number of hydrogen-bond acceptors (Lipinski definition) is 3. The first-order chi connectivity index (χ1) is 8.00. The van der Waals surface area contributed by atoms with E-state index < -0.39 is 0 Å². The zero-order chi connectivity index (χ0) is 12.5. The predicted molar refractivity (Wildman–Crippen MR) is 69.6 cm³/mol. The van der Waals surface area contributed by atoms with E-state index in [1.807, 2.05) is 6.92 Å². The van der Waals surface area contributed by atoms with E-state index in [1.54, 1.807) is 0 Å². The lowest BCUT2D eigenvalue weighted by molar-refractivity contribution is 0.105. The van der Waals surface area contributed by atoms with Gasteiger partial charge in [0.15, 0.2) is 0 Å². The quantitative estimate of drug-likeness (QED) is 0.877. The molecule has 0 unspecified atom stereocenters. The number of nitrogens with zero attached hydrogens (tertiary/aromatic N) is 1. The molecule has 2 rings (SSSR count). The maximum atomic E-state index is 5.75. The number of likely N-dealkylation sites (tertiary alicyclic amines) is 1. The summed E-state index contributed by atoms with van der Waals surface area (Å²) >= 11 is 0. The standard InChI is InChI=1S/C14H24N2O/c1-11-12(8-15)7-13(17-11)9-16-6-4-5-14(2,3)10-16/h7H,4-6,8-10,15H2,1-3H3. The van der Waals surface area contributed by atoms with E-state index in [2.05, 4.69) is 24.8 Å². The Morgan fingerprint density at radius 2 is 2.24 bits per heavy atom. The Morgan fingerprint density at radius 3 is 2.82 bits per heavy atom. The maximum Gasteiger partial charge on any atom is 0.118 e. The number of hydrogen-bond donors (Lipinski definition) is 1. The van der Waals surface area contributed by atoms with Crippen molar-refractivity contribution in [1.82, 2.24) is 4.90 Å². The lowest BCUT2D eigenvalue weighted by atomic mass is 9.84. The Balaban J connectivity index is 2.00. The second kappa shape index (κ2) is 4.83. The number of nitrogens with two attached hydrogens (primary N) is 1. The third kappa shape index (κ3) is 3.11. The second-order valence-electron chi connectivity index (χ2n) is 5.98. The van der Waals surface area contributed by atoms with Gasteiger partial charge in [-0.1, -0.05) is 13.8 Å². The zero-order valence-corrected chi connectivity index (χ0v) is 11.3. The average molecular weight is 236 g/mol. The molecule has 0 atom stereocenters. The second-order valence-corrected chi connectivity index (χ2v) is 5.98. The van der Waals surface area contributed by atoms with Crippen LogP contribution in [0.5, 0.6) is 0 Å². The lowest BCUT2D eigenvalue weighted by Gasteiger charge is -2.37. The fraction of sp³-hybridized carbons (Fsp3) is 0.714. The van der Waals surface area contributed by atoms with Gasteiger partial charge in [-0.05, 0) is 37.8 Å². The number of piperidine rings is 1. The van der Waals surface area contributed by atoms with Crippen molar-refractivity contribution in [3.8, 4) is 0 Å². The molecule has 17 heavy (non-hydrogen) atoms. The molecule has 1 aliphatic heterocycles. The van der Waals surface area contributed by atoms with Crippen LogP contribution in [0.2, 0.25) is 0 Å². The van der Waals surface area contributed by atoms with Gasteiger partial charge in [-0.25, -0.2) is 0 Å². The Hall–Kier alpha value is -0.800. The molecule has 2 N–H and O–H groups in total. The van der Waals surface area contributed by atoms with Gasteiger partial charge in [0.2, 0.25) is 0 Å². The largest absolute Gasteiger partial charge is 0.465 e. The van der Waals surface area contributed by atoms with Crippen molar-refractivity contribution in [3.05, 3.63) is 23.2 Å². The average Bonchev–Trinajstić information content (AvgIpc) is 2.57. The molecule has 0 aliphatic carbocycles. The van der Waals surface area contributed by atoms with Crippen LogP contribution >= 0.6 is 0 Å². The molecular weight excluding hydrogens is 212 g/mol. The van der Waals surface area contributed by atoms with Crippen molar-refractivity contribution in [2.24, 2.45) is 11.1 Å². The van der Waals surface area contributed by atoms with E-state index in [4.69, 9.17) is 10.2 Å². The van der Waals surface area contributed by atoms with Crippen LogP contribution in [-0.4, -0.2) is 18.0 Å². The van der Waals surface area contributed by atoms with Gasteiger partial charge in [0.25, 0.3) is 0 Å². The van der Waals surface area contributed by atoms with Crippen molar-refractivity contribution >= 4 is 0 Å². The summed E-state index contributed by atoms with van der Waals surface area (Å²) in [5.74, 6) is 2.03. The maximum absolute atomic E-state index is 5.75. The minimum absolute atomic E-state index is 0.441. The summed E-state index contributed by atoms with van der Waals surface area (Å²) in [5, 5.41) is 0. The fourth-order valence-electron chi connectivity index (χ4n) is 2.77. The fourth-order valence-corrected chi connectivity index (χ4v) is 2.77. The van der Waals surface area contributed by atoms with Crippen LogP contribution in [0.4, 0.5) is 0 Å². The summed E-state index contributed by atoms with van der Waals surface area (Å²) in [6.45, 7) is 10.5. The molecule has 2 heterocycles.